The fraction of sp³-hybridized carbons (Fsp3) is 0. The molecule has 0 spiro atoms. The van der Waals surface area contributed by atoms with E-state index < -0.39 is 0 Å². The minimum atomic E-state index is -0.118. The number of rotatable bonds is 2. The van der Waals surface area contributed by atoms with Gasteiger partial charge in [-0.25, -0.2) is 10.0 Å². The van der Waals surface area contributed by atoms with Crippen LogP contribution in [0.4, 0.5) is 11.8 Å². The molecule has 0 bridgehead atoms. The Morgan fingerprint density at radius 3 is 2.61 bits per heavy atom. The van der Waals surface area contributed by atoms with Gasteiger partial charge in [-0.3, -0.25) is 5.10 Å². The number of nitrogens with one attached hydrogen (secondary N) is 2. The van der Waals surface area contributed by atoms with Gasteiger partial charge in [0.25, 0.3) is 5.52 Å². The van der Waals surface area contributed by atoms with E-state index in [1.54, 1.807) is 24.3 Å². The summed E-state index contributed by atoms with van der Waals surface area (Å²) in [4.78, 5) is 0.405. The average molecular weight is 244 g/mol. The first-order chi connectivity index (χ1) is 8.75. The third-order valence-corrected chi connectivity index (χ3v) is 2.43. The van der Waals surface area contributed by atoms with Crippen LogP contribution in [0.3, 0.4) is 0 Å². The van der Waals surface area contributed by atoms with Gasteiger partial charge in [-0.2, -0.15) is 5.10 Å². The summed E-state index contributed by atoms with van der Waals surface area (Å²) >= 11 is 0. The summed E-state index contributed by atoms with van der Waals surface area (Å²) in [6.07, 6.45) is 1.52. The molecule has 2 N–H and O–H groups in total. The number of benzene rings is 1. The molecule has 0 aliphatic heterocycles. The zero-order valence-electron chi connectivity index (χ0n) is 9.07. The molecule has 0 saturated heterocycles. The number of anilines is 2. The van der Waals surface area contributed by atoms with Gasteiger partial charge in [0.1, 0.15) is 0 Å². The van der Waals surface area contributed by atoms with Crippen molar-refractivity contribution in [3.05, 3.63) is 46.9 Å². The summed E-state index contributed by atoms with van der Waals surface area (Å²) in [5.41, 5.74) is 0.451. The second-order valence-electron chi connectivity index (χ2n) is 3.57. The zero-order valence-corrected chi connectivity index (χ0v) is 9.07. The fourth-order valence-electron chi connectivity index (χ4n) is 1.61. The number of hydrogen-bond donors (Lipinski definition) is 2. The molecule has 3 aromatic rings. The number of aromatic amines is 1. The van der Waals surface area contributed by atoms with E-state index >= 15 is 0 Å². The van der Waals surface area contributed by atoms with Crippen molar-refractivity contribution in [2.24, 2.45) is 0 Å². The molecule has 0 atom stereocenters. The molecule has 3 rings (SSSR count). The summed E-state index contributed by atoms with van der Waals surface area (Å²) < 4.78 is 0.560. The van der Waals surface area contributed by atoms with Gasteiger partial charge in [0.2, 0.25) is 5.10 Å². The van der Waals surface area contributed by atoms with Crippen molar-refractivity contribution < 1.29 is 9.58 Å². The quantitative estimate of drug-likeness (QED) is 0.486. The van der Waals surface area contributed by atoms with Crippen molar-refractivity contribution in [3.8, 4) is 0 Å². The zero-order chi connectivity index (χ0) is 12.5. The smallest absolute Gasteiger partial charge is 0.467 e. The van der Waals surface area contributed by atoms with E-state index in [0.717, 1.165) is 0 Å². The summed E-state index contributed by atoms with van der Waals surface area (Å²) in [7, 11) is 0. The van der Waals surface area contributed by atoms with Gasteiger partial charge in [0.15, 0.2) is 11.3 Å². The Kier molecular flexibility index (Phi) is 2.19. The fourth-order valence-corrected chi connectivity index (χ4v) is 1.61. The van der Waals surface area contributed by atoms with Crippen molar-refractivity contribution in [2.75, 3.05) is 5.32 Å². The van der Waals surface area contributed by atoms with Gasteiger partial charge in [0, 0.05) is 17.0 Å². The maximum Gasteiger partial charge on any atom is 0.467 e. The molecular formula is C10H8N6O2. The van der Waals surface area contributed by atoms with Crippen molar-refractivity contribution in [1.82, 2.24) is 15.3 Å². The molecule has 8 heteroatoms. The Bertz CT molecular complexity index is 697. The summed E-state index contributed by atoms with van der Waals surface area (Å²) in [6.45, 7) is 0. The lowest BCUT2D eigenvalue weighted by Crippen LogP contribution is -2.43. The maximum atomic E-state index is 12.0. The summed E-state index contributed by atoms with van der Waals surface area (Å²) in [5.74, 6) is 0.357. The highest BCUT2D eigenvalue weighted by atomic mass is 16.5. The van der Waals surface area contributed by atoms with Gasteiger partial charge >= 0.3 is 5.95 Å². The number of hydrogen-bond acceptors (Lipinski definition) is 5. The van der Waals surface area contributed by atoms with Crippen molar-refractivity contribution in [3.63, 3.8) is 0 Å². The lowest BCUT2D eigenvalue weighted by Gasteiger charge is -2.08. The van der Waals surface area contributed by atoms with Gasteiger partial charge in [-0.05, 0) is 6.07 Å². The topological polar surface area (TPSA) is 107 Å². The Morgan fingerprint density at radius 2 is 1.89 bits per heavy atom. The Balaban J connectivity index is 2.16. The molecule has 0 unspecified atom stereocenters. The summed E-state index contributed by atoms with van der Waals surface area (Å²) in [6, 6.07) is 8.05. The van der Waals surface area contributed by atoms with E-state index in [0.29, 0.717) is 15.4 Å². The van der Waals surface area contributed by atoms with Crippen molar-refractivity contribution in [1.29, 1.82) is 0 Å². The molecule has 0 aliphatic carbocycles. The maximum absolute atomic E-state index is 12.0. The third-order valence-electron chi connectivity index (χ3n) is 2.43. The van der Waals surface area contributed by atoms with Gasteiger partial charge in [0.05, 0.1) is 6.20 Å². The number of para-hydroxylation sites is 2. The normalized spacial score (nSPS) is 10.7. The van der Waals surface area contributed by atoms with Gasteiger partial charge < -0.3 is 10.4 Å². The number of fused-ring (bicyclic) bond motifs is 1. The van der Waals surface area contributed by atoms with Crippen LogP contribution in [0.25, 0.3) is 11.0 Å². The molecule has 18 heavy (non-hydrogen) atoms. The largest absolute Gasteiger partial charge is 0.739 e. The lowest BCUT2D eigenvalue weighted by molar-refractivity contribution is -0.672. The van der Waals surface area contributed by atoms with E-state index in [1.165, 1.54) is 12.3 Å². The number of nitrogens with zero attached hydrogens (tertiary/aromatic N) is 4. The summed E-state index contributed by atoms with van der Waals surface area (Å²) in [5, 5.41) is 36.3. The van der Waals surface area contributed by atoms with Crippen molar-refractivity contribution in [2.45, 2.75) is 0 Å². The second kappa shape index (κ2) is 3.84. The molecule has 2 heterocycles. The van der Waals surface area contributed by atoms with Crippen LogP contribution < -0.4 is 14.9 Å². The van der Waals surface area contributed by atoms with E-state index in [1.807, 2.05) is 0 Å². The van der Waals surface area contributed by atoms with Crippen LogP contribution in [-0.2, 0) is 0 Å². The predicted octanol–water partition coefficient (Wildman–Crippen LogP) is -0.0317. The third kappa shape index (κ3) is 1.56. The molecule has 0 radical (unpaired) electrons. The molecule has 2 aromatic heterocycles. The minimum Gasteiger partial charge on any atom is -0.739 e. The molecule has 8 nitrogen and oxygen atoms in total. The highest BCUT2D eigenvalue weighted by Crippen LogP contribution is 2.09. The van der Waals surface area contributed by atoms with Gasteiger partial charge in [-0.1, -0.05) is 12.1 Å². The first-order valence-corrected chi connectivity index (χ1v) is 5.14. The van der Waals surface area contributed by atoms with E-state index in [-0.39, 0.29) is 17.0 Å². The predicted molar refractivity (Wildman–Crippen MR) is 61.5 cm³/mol. The number of H-pyrrole nitrogens is 1. The molecule has 0 fully saturated rings. The SMILES string of the molecule is [O-][n+]1nc(Nc2ccn[nH]2)[n+]([O-])c2ccccc21. The van der Waals surface area contributed by atoms with Crippen LogP contribution in [0.1, 0.15) is 0 Å². The van der Waals surface area contributed by atoms with E-state index in [2.05, 4.69) is 20.6 Å². The van der Waals surface area contributed by atoms with Crippen LogP contribution >= 0.6 is 0 Å². The minimum absolute atomic E-state index is 0.118. The van der Waals surface area contributed by atoms with Crippen LogP contribution in [0.2, 0.25) is 0 Å². The first-order valence-electron chi connectivity index (χ1n) is 5.14. The standard InChI is InChI=1S/C10H8N6O2/c17-15-7-3-1-2-4-8(7)16(18)14-10(15)12-9-5-6-11-13-9/h1-6H,(H2,11,12,13,14). The molecule has 0 aliphatic rings. The van der Waals surface area contributed by atoms with Crippen LogP contribution in [0.5, 0.6) is 0 Å². The molecule has 0 amide bonds. The van der Waals surface area contributed by atoms with Crippen molar-refractivity contribution >= 4 is 22.8 Å². The monoisotopic (exact) mass is 244 g/mol. The Morgan fingerprint density at radius 1 is 1.11 bits per heavy atom. The van der Waals surface area contributed by atoms with E-state index in [4.69, 9.17) is 0 Å². The first kappa shape index (κ1) is 10.3. The molecule has 0 saturated carbocycles. The van der Waals surface area contributed by atoms with Gasteiger partial charge in [-0.15, -0.1) is 0 Å². The second-order valence-corrected chi connectivity index (χ2v) is 3.57. The van der Waals surface area contributed by atoms with Crippen LogP contribution in [-0.4, -0.2) is 15.3 Å². The molecule has 90 valence electrons. The highest BCUT2D eigenvalue weighted by Gasteiger charge is 2.20. The Labute approximate surface area is 101 Å². The molecular weight excluding hydrogens is 236 g/mol. The molecule has 1 aromatic carbocycles. The van der Waals surface area contributed by atoms with Crippen LogP contribution in [0.15, 0.2) is 36.5 Å². The number of aromatic nitrogens is 5. The van der Waals surface area contributed by atoms with Crippen LogP contribution in [0, 0.1) is 10.4 Å². The average Bonchev–Trinajstić information content (AvgIpc) is 2.89. The lowest BCUT2D eigenvalue weighted by atomic mass is 10.3. The highest BCUT2D eigenvalue weighted by molar-refractivity contribution is 5.67. The van der Waals surface area contributed by atoms with E-state index in [9.17, 15) is 10.4 Å². The Hall–Kier alpha value is -2.90.